The van der Waals surface area contributed by atoms with Crippen molar-refractivity contribution in [2.45, 2.75) is 20.3 Å². The summed E-state index contributed by atoms with van der Waals surface area (Å²) in [6.45, 7) is 4.17. The van der Waals surface area contributed by atoms with E-state index >= 15 is 0 Å². The van der Waals surface area contributed by atoms with Crippen molar-refractivity contribution < 1.29 is 13.5 Å². The third-order valence-electron chi connectivity index (χ3n) is 4.88. The first-order chi connectivity index (χ1) is 14.9. The Morgan fingerprint density at radius 2 is 1.87 bits per heavy atom. The van der Waals surface area contributed by atoms with E-state index in [4.69, 9.17) is 17.0 Å². The largest absolute Gasteiger partial charge is 0.492 e. The van der Waals surface area contributed by atoms with Gasteiger partial charge >= 0.3 is 0 Å². The molecular weight excluding hydrogens is 420 g/mol. The van der Waals surface area contributed by atoms with E-state index < -0.39 is 17.5 Å². The van der Waals surface area contributed by atoms with Crippen LogP contribution in [0.25, 0.3) is 28.0 Å². The van der Waals surface area contributed by atoms with E-state index in [1.54, 1.807) is 36.4 Å². The Bertz CT molecular complexity index is 1380. The van der Waals surface area contributed by atoms with Gasteiger partial charge in [0.1, 0.15) is 5.75 Å². The molecule has 0 radical (unpaired) electrons. The molecule has 0 saturated heterocycles. The van der Waals surface area contributed by atoms with Crippen LogP contribution in [0.1, 0.15) is 24.5 Å². The van der Waals surface area contributed by atoms with Crippen LogP contribution in [0.4, 0.5) is 8.78 Å². The number of hydrogen-bond acceptors (Lipinski definition) is 4. The van der Waals surface area contributed by atoms with Crippen molar-refractivity contribution in [1.29, 1.82) is 0 Å². The molecule has 0 saturated carbocycles. The lowest BCUT2D eigenvalue weighted by Crippen LogP contribution is -2.17. The van der Waals surface area contributed by atoms with Crippen molar-refractivity contribution in [2.24, 2.45) is 0 Å². The molecule has 4 rings (SSSR count). The summed E-state index contributed by atoms with van der Waals surface area (Å²) in [5, 5.41) is -0.203. The smallest absolute Gasteiger partial charge is 0.264 e. The molecule has 2 aromatic carbocycles. The number of para-hydroxylation sites is 2. The van der Waals surface area contributed by atoms with E-state index in [9.17, 15) is 13.6 Å². The number of H-pyrrole nitrogens is 1. The molecular formula is C23H19F2N3O2S. The summed E-state index contributed by atoms with van der Waals surface area (Å²) >= 11 is 5.40. The summed E-state index contributed by atoms with van der Waals surface area (Å²) in [5.41, 5.74) is 1.46. The predicted molar refractivity (Wildman–Crippen MR) is 119 cm³/mol. The lowest BCUT2D eigenvalue weighted by atomic mass is 10.1. The maximum atomic E-state index is 14.0. The zero-order chi connectivity index (χ0) is 22.1. The lowest BCUT2D eigenvalue weighted by Gasteiger charge is -2.17. The van der Waals surface area contributed by atoms with Crippen LogP contribution in [0.3, 0.4) is 0 Å². The van der Waals surface area contributed by atoms with Crippen molar-refractivity contribution in [1.82, 2.24) is 14.5 Å². The average molecular weight is 439 g/mol. The molecule has 8 heteroatoms. The number of fused-ring (bicyclic) bond motifs is 1. The minimum atomic E-state index is -2.87. The Labute approximate surface area is 182 Å². The van der Waals surface area contributed by atoms with Crippen molar-refractivity contribution in [2.75, 3.05) is 6.61 Å². The molecule has 0 fully saturated rings. The second-order valence-corrected chi connectivity index (χ2v) is 7.34. The van der Waals surface area contributed by atoms with Crippen LogP contribution in [0, 0.1) is 11.7 Å². The van der Waals surface area contributed by atoms with Gasteiger partial charge in [-0.1, -0.05) is 42.0 Å². The number of nitrogens with one attached hydrogen (secondary N) is 1. The van der Waals surface area contributed by atoms with Crippen LogP contribution in [0.15, 0.2) is 59.4 Å². The van der Waals surface area contributed by atoms with Gasteiger partial charge in [0.25, 0.3) is 12.0 Å². The highest BCUT2D eigenvalue weighted by molar-refractivity contribution is 7.71. The number of halogens is 2. The highest BCUT2D eigenvalue weighted by Gasteiger charge is 2.22. The number of ether oxygens (including phenoxy) is 1. The summed E-state index contributed by atoms with van der Waals surface area (Å²) < 4.78 is 35.3. The van der Waals surface area contributed by atoms with Crippen LogP contribution in [0.5, 0.6) is 5.75 Å². The molecule has 0 bridgehead atoms. The molecule has 0 aliphatic rings. The highest BCUT2D eigenvalue weighted by Crippen LogP contribution is 2.32. The van der Waals surface area contributed by atoms with Gasteiger partial charge in [-0.2, -0.15) is 0 Å². The first kappa shape index (κ1) is 20.9. The molecule has 0 spiro atoms. The second-order valence-electron chi connectivity index (χ2n) is 6.96. The fourth-order valence-electron chi connectivity index (χ4n) is 3.44. The quantitative estimate of drug-likeness (QED) is 0.402. The third kappa shape index (κ3) is 3.86. The standard InChI is InChI=1S/C23H19F2N3O2S/c1-3-30-18-7-5-4-6-17(18)28-21-19(22(29)27-23(28)31)15(20(24)25)12-16(26-21)14-10-8-13(2)9-11-14/h4-12,20H,3H2,1-2H3,(H,27,29,31). The lowest BCUT2D eigenvalue weighted by molar-refractivity contribution is 0.153. The molecule has 0 unspecified atom stereocenters. The van der Waals surface area contributed by atoms with Crippen LogP contribution >= 0.6 is 12.2 Å². The van der Waals surface area contributed by atoms with E-state index in [2.05, 4.69) is 9.97 Å². The average Bonchev–Trinajstić information content (AvgIpc) is 2.74. The highest BCUT2D eigenvalue weighted by atomic mass is 32.1. The Morgan fingerprint density at radius 1 is 1.16 bits per heavy atom. The van der Waals surface area contributed by atoms with E-state index in [0.717, 1.165) is 5.56 Å². The number of aromatic nitrogens is 3. The Hall–Kier alpha value is -3.39. The first-order valence-corrected chi connectivity index (χ1v) is 10.1. The number of rotatable bonds is 5. The van der Waals surface area contributed by atoms with Crippen LogP contribution in [-0.2, 0) is 0 Å². The first-order valence-electron chi connectivity index (χ1n) is 9.68. The SMILES string of the molecule is CCOc1ccccc1-n1c(=S)[nH]c(=O)c2c(C(F)F)cc(-c3ccc(C)cc3)nc21. The minimum absolute atomic E-state index is 0.0402. The maximum Gasteiger partial charge on any atom is 0.264 e. The zero-order valence-corrected chi connectivity index (χ0v) is 17.7. The number of alkyl halides is 2. The van der Waals surface area contributed by atoms with Gasteiger partial charge in [-0.15, -0.1) is 0 Å². The van der Waals surface area contributed by atoms with E-state index in [0.29, 0.717) is 29.3 Å². The van der Waals surface area contributed by atoms with Gasteiger partial charge < -0.3 is 4.74 Å². The minimum Gasteiger partial charge on any atom is -0.492 e. The summed E-state index contributed by atoms with van der Waals surface area (Å²) in [6.07, 6.45) is -2.87. The van der Waals surface area contributed by atoms with E-state index in [1.807, 2.05) is 26.0 Å². The van der Waals surface area contributed by atoms with Gasteiger partial charge in [-0.05, 0) is 44.3 Å². The van der Waals surface area contributed by atoms with Gasteiger partial charge in [0, 0.05) is 11.1 Å². The Kier molecular flexibility index (Phi) is 5.65. The molecule has 0 aliphatic heterocycles. The monoisotopic (exact) mass is 439 g/mol. The second kappa shape index (κ2) is 8.39. The Balaban J connectivity index is 2.14. The maximum absolute atomic E-state index is 14.0. The fraction of sp³-hybridized carbons (Fsp3) is 0.174. The number of aryl methyl sites for hydroxylation is 1. The summed E-state index contributed by atoms with van der Waals surface area (Å²) in [5.74, 6) is 0.496. The van der Waals surface area contributed by atoms with Crippen molar-refractivity contribution in [3.8, 4) is 22.7 Å². The van der Waals surface area contributed by atoms with Crippen molar-refractivity contribution in [3.63, 3.8) is 0 Å². The number of pyridine rings is 1. The molecule has 2 aromatic heterocycles. The number of aromatic amines is 1. The van der Waals surface area contributed by atoms with Gasteiger partial charge in [0.2, 0.25) is 0 Å². The molecule has 0 atom stereocenters. The van der Waals surface area contributed by atoms with E-state index in [1.165, 1.54) is 10.6 Å². The molecule has 2 heterocycles. The zero-order valence-electron chi connectivity index (χ0n) is 16.9. The number of nitrogens with zero attached hydrogens (tertiary/aromatic N) is 2. The molecule has 31 heavy (non-hydrogen) atoms. The van der Waals surface area contributed by atoms with Crippen molar-refractivity contribution >= 4 is 23.3 Å². The Morgan fingerprint density at radius 3 is 2.55 bits per heavy atom. The summed E-state index contributed by atoms with van der Waals surface area (Å²) in [7, 11) is 0. The predicted octanol–water partition coefficient (Wildman–Crippen LogP) is 5.76. The molecule has 4 aromatic rings. The molecule has 158 valence electrons. The van der Waals surface area contributed by atoms with Crippen LogP contribution < -0.4 is 10.3 Å². The van der Waals surface area contributed by atoms with Gasteiger partial charge in [-0.25, -0.2) is 13.8 Å². The van der Waals surface area contributed by atoms with Gasteiger partial charge in [0.15, 0.2) is 10.4 Å². The number of benzene rings is 2. The normalized spacial score (nSPS) is 11.3. The topological polar surface area (TPSA) is 59.9 Å². The summed E-state index contributed by atoms with van der Waals surface area (Å²) in [4.78, 5) is 19.8. The van der Waals surface area contributed by atoms with Gasteiger partial charge in [-0.3, -0.25) is 14.3 Å². The number of hydrogen-bond donors (Lipinski definition) is 1. The fourth-order valence-corrected chi connectivity index (χ4v) is 3.72. The third-order valence-corrected chi connectivity index (χ3v) is 5.17. The molecule has 0 amide bonds. The summed E-state index contributed by atoms with van der Waals surface area (Å²) in [6, 6.07) is 15.7. The molecule has 5 nitrogen and oxygen atoms in total. The van der Waals surface area contributed by atoms with Crippen LogP contribution in [-0.4, -0.2) is 21.1 Å². The van der Waals surface area contributed by atoms with Gasteiger partial charge in [0.05, 0.1) is 23.4 Å². The molecule has 0 aliphatic carbocycles. The van der Waals surface area contributed by atoms with Crippen molar-refractivity contribution in [3.05, 3.63) is 80.8 Å². The molecule has 1 N–H and O–H groups in total. The van der Waals surface area contributed by atoms with Crippen LogP contribution in [0.2, 0.25) is 0 Å². The van der Waals surface area contributed by atoms with E-state index in [-0.39, 0.29) is 15.8 Å².